The number of piperazine rings is 1. The first kappa shape index (κ1) is 18.0. The maximum absolute atomic E-state index is 6.78. The van der Waals surface area contributed by atoms with E-state index >= 15 is 0 Å². The van der Waals surface area contributed by atoms with Gasteiger partial charge in [-0.05, 0) is 37.8 Å². The van der Waals surface area contributed by atoms with Gasteiger partial charge in [0.1, 0.15) is 11.5 Å². The van der Waals surface area contributed by atoms with Crippen molar-refractivity contribution in [1.82, 2.24) is 24.5 Å². The molecule has 0 spiro atoms. The molecule has 3 aliphatic rings. The number of halogens is 1. The molecule has 3 fully saturated rings. The second-order valence-corrected chi connectivity index (χ2v) is 10.00. The molecule has 2 atom stereocenters. The maximum atomic E-state index is 6.78. The van der Waals surface area contributed by atoms with Crippen molar-refractivity contribution >= 4 is 45.3 Å². The predicted molar refractivity (Wildman–Crippen MR) is 124 cm³/mol. The average molecular weight is 452 g/mol. The van der Waals surface area contributed by atoms with Crippen molar-refractivity contribution in [2.24, 2.45) is 0 Å². The molecule has 1 saturated carbocycles. The maximum Gasteiger partial charge on any atom is 0.140 e. The molecule has 31 heavy (non-hydrogen) atoms. The highest BCUT2D eigenvalue weighted by Crippen LogP contribution is 2.40. The summed E-state index contributed by atoms with van der Waals surface area (Å²) in [6, 6.07) is 5.78. The van der Waals surface area contributed by atoms with Crippen molar-refractivity contribution < 1.29 is 0 Å². The molecular weight excluding hydrogens is 430 g/mol. The van der Waals surface area contributed by atoms with E-state index in [-0.39, 0.29) is 0 Å². The zero-order valence-electron chi connectivity index (χ0n) is 16.9. The van der Waals surface area contributed by atoms with Crippen molar-refractivity contribution in [3.05, 3.63) is 46.6 Å². The average Bonchev–Trinajstić information content (AvgIpc) is 3.14. The lowest BCUT2D eigenvalue weighted by molar-refractivity contribution is 0.531. The van der Waals surface area contributed by atoms with Gasteiger partial charge in [-0.1, -0.05) is 11.6 Å². The molecule has 2 unspecified atom stereocenters. The van der Waals surface area contributed by atoms with E-state index in [9.17, 15) is 0 Å². The van der Waals surface area contributed by atoms with Crippen LogP contribution < -0.4 is 9.80 Å². The van der Waals surface area contributed by atoms with E-state index in [4.69, 9.17) is 11.6 Å². The molecule has 9 heteroatoms. The molecule has 158 valence electrons. The Morgan fingerprint density at radius 1 is 0.968 bits per heavy atom. The minimum atomic E-state index is 0.481. The zero-order chi connectivity index (χ0) is 20.5. The molecule has 1 aliphatic carbocycles. The van der Waals surface area contributed by atoms with Crippen LogP contribution in [-0.4, -0.2) is 49.7 Å². The van der Waals surface area contributed by atoms with Crippen molar-refractivity contribution in [1.29, 1.82) is 0 Å². The fourth-order valence-corrected chi connectivity index (χ4v) is 6.09. The topological polar surface area (TPSA) is 55.0 Å². The first-order valence-corrected chi connectivity index (χ1v) is 12.2. The molecule has 0 radical (unpaired) electrons. The van der Waals surface area contributed by atoms with Gasteiger partial charge >= 0.3 is 0 Å². The van der Waals surface area contributed by atoms with Gasteiger partial charge in [0.15, 0.2) is 0 Å². The largest absolute Gasteiger partial charge is 0.366 e. The number of fused-ring (bicyclic) bond motifs is 3. The Balaban J connectivity index is 1.24. The Labute approximate surface area is 188 Å². The molecule has 2 aliphatic heterocycles. The summed E-state index contributed by atoms with van der Waals surface area (Å²) in [5, 5.41) is 13.2. The molecule has 0 N–H and O–H groups in total. The van der Waals surface area contributed by atoms with Gasteiger partial charge in [0.25, 0.3) is 0 Å². The lowest BCUT2D eigenvalue weighted by Crippen LogP contribution is -2.54. The van der Waals surface area contributed by atoms with E-state index in [1.165, 1.54) is 25.7 Å². The summed E-state index contributed by atoms with van der Waals surface area (Å²) >= 11 is 8.45. The van der Waals surface area contributed by atoms with Crippen molar-refractivity contribution in [2.45, 2.75) is 43.8 Å². The van der Waals surface area contributed by atoms with Crippen LogP contribution in [0.3, 0.4) is 0 Å². The van der Waals surface area contributed by atoms with Gasteiger partial charge in [-0.2, -0.15) is 10.2 Å². The van der Waals surface area contributed by atoms with Crippen LogP contribution in [-0.2, 0) is 0 Å². The number of benzene rings is 1. The highest BCUT2D eigenvalue weighted by atomic mass is 35.5. The van der Waals surface area contributed by atoms with E-state index in [0.29, 0.717) is 18.1 Å². The van der Waals surface area contributed by atoms with Crippen LogP contribution in [0, 0.1) is 0 Å². The Morgan fingerprint density at radius 3 is 2.52 bits per heavy atom. The Morgan fingerprint density at radius 2 is 1.77 bits per heavy atom. The molecule has 1 aromatic carbocycles. The number of hydrogen-bond acceptors (Lipinski definition) is 6. The third kappa shape index (κ3) is 2.88. The van der Waals surface area contributed by atoms with Crippen molar-refractivity contribution in [2.75, 3.05) is 22.9 Å². The Bertz CT molecular complexity index is 1240. The highest BCUT2D eigenvalue weighted by molar-refractivity contribution is 7.07. The summed E-state index contributed by atoms with van der Waals surface area (Å²) in [7, 11) is 0. The standard InChI is InChI=1S/C22H22ClN7S/c23-19-5-14-7-26-30(18-8-25-28(11-18)15-1-2-15)20(14)6-21(19)27-9-16-3-4-17(10-27)29(16)22-12-31-13-24-22/h5-8,11-13,15-17H,1-4,9-10H2. The zero-order valence-corrected chi connectivity index (χ0v) is 18.5. The number of rotatable bonds is 4. The Hall–Kier alpha value is -2.58. The smallest absolute Gasteiger partial charge is 0.140 e. The first-order chi connectivity index (χ1) is 15.2. The summed E-state index contributed by atoms with van der Waals surface area (Å²) in [6.45, 7) is 1.93. The summed E-state index contributed by atoms with van der Waals surface area (Å²) in [4.78, 5) is 9.55. The highest BCUT2D eigenvalue weighted by Gasteiger charge is 2.41. The molecule has 0 amide bonds. The number of anilines is 2. The molecule has 4 aromatic rings. The summed E-state index contributed by atoms with van der Waals surface area (Å²) in [5.74, 6) is 1.13. The Kier molecular flexibility index (Phi) is 3.90. The number of hydrogen-bond donors (Lipinski definition) is 0. The second-order valence-electron chi connectivity index (χ2n) is 8.87. The van der Waals surface area contributed by atoms with E-state index in [0.717, 1.165) is 46.2 Å². The quantitative estimate of drug-likeness (QED) is 0.456. The third-order valence-electron chi connectivity index (χ3n) is 6.90. The molecule has 7 rings (SSSR count). The van der Waals surface area contributed by atoms with E-state index in [1.807, 2.05) is 22.6 Å². The van der Waals surface area contributed by atoms with E-state index in [2.05, 4.69) is 53.4 Å². The molecule has 2 bridgehead atoms. The van der Waals surface area contributed by atoms with E-state index < -0.39 is 0 Å². The van der Waals surface area contributed by atoms with Gasteiger partial charge in [-0.25, -0.2) is 9.67 Å². The van der Waals surface area contributed by atoms with Gasteiger partial charge < -0.3 is 9.80 Å². The molecule has 2 saturated heterocycles. The third-order valence-corrected chi connectivity index (χ3v) is 7.77. The van der Waals surface area contributed by atoms with Gasteiger partial charge in [0.2, 0.25) is 0 Å². The van der Waals surface area contributed by atoms with Gasteiger partial charge in [0.05, 0.1) is 46.4 Å². The van der Waals surface area contributed by atoms with Crippen LogP contribution >= 0.6 is 22.9 Å². The van der Waals surface area contributed by atoms with Crippen molar-refractivity contribution in [3.8, 4) is 5.69 Å². The number of thiazole rings is 1. The van der Waals surface area contributed by atoms with E-state index in [1.54, 1.807) is 11.3 Å². The summed E-state index contributed by atoms with van der Waals surface area (Å²) in [5.41, 5.74) is 5.10. The fourth-order valence-electron chi connectivity index (χ4n) is 5.27. The van der Waals surface area contributed by atoms with Gasteiger partial charge in [-0.3, -0.25) is 4.68 Å². The van der Waals surface area contributed by atoms with Crippen LogP contribution in [0.2, 0.25) is 5.02 Å². The number of nitrogens with zero attached hydrogens (tertiary/aromatic N) is 7. The normalized spacial score (nSPS) is 23.3. The van der Waals surface area contributed by atoms with Gasteiger partial charge in [-0.15, -0.1) is 11.3 Å². The minimum Gasteiger partial charge on any atom is -0.366 e. The molecule has 5 heterocycles. The van der Waals surface area contributed by atoms with Crippen LogP contribution in [0.4, 0.5) is 11.5 Å². The van der Waals surface area contributed by atoms with Gasteiger partial charge in [0, 0.05) is 35.9 Å². The lowest BCUT2D eigenvalue weighted by Gasteiger charge is -2.42. The molecular formula is C22H22ClN7S. The summed E-state index contributed by atoms with van der Waals surface area (Å²) < 4.78 is 4.05. The molecule has 7 nitrogen and oxygen atoms in total. The van der Waals surface area contributed by atoms with Crippen LogP contribution in [0.25, 0.3) is 16.6 Å². The lowest BCUT2D eigenvalue weighted by atomic mass is 10.1. The van der Waals surface area contributed by atoms with Crippen LogP contribution in [0.15, 0.2) is 41.6 Å². The first-order valence-electron chi connectivity index (χ1n) is 10.9. The van der Waals surface area contributed by atoms with Crippen LogP contribution in [0.1, 0.15) is 31.7 Å². The monoisotopic (exact) mass is 451 g/mol. The minimum absolute atomic E-state index is 0.481. The molecule has 3 aromatic heterocycles. The van der Waals surface area contributed by atoms with Crippen LogP contribution in [0.5, 0.6) is 0 Å². The predicted octanol–water partition coefficient (Wildman–Crippen LogP) is 4.52. The second kappa shape index (κ2) is 6.71. The summed E-state index contributed by atoms with van der Waals surface area (Å²) in [6.07, 6.45) is 10.8. The number of aromatic nitrogens is 5. The SMILES string of the molecule is Clc1cc2cnn(-c3cnn(C4CC4)c3)c2cc1N1CC2CCC(C1)N2c1cscn1. The fraction of sp³-hybridized carbons (Fsp3) is 0.409. The van der Waals surface area contributed by atoms with Crippen molar-refractivity contribution in [3.63, 3.8) is 0 Å².